The van der Waals surface area contributed by atoms with Crippen molar-refractivity contribution in [2.45, 2.75) is 134 Å². The summed E-state index contributed by atoms with van der Waals surface area (Å²) in [5.41, 5.74) is 17.7. The van der Waals surface area contributed by atoms with E-state index in [-0.39, 0.29) is 0 Å². The molecule has 0 bridgehead atoms. The third kappa shape index (κ3) is 13.8. The first kappa shape index (κ1) is 49.3. The van der Waals surface area contributed by atoms with Gasteiger partial charge in [0.15, 0.2) is 0 Å². The van der Waals surface area contributed by atoms with E-state index in [9.17, 15) is 0 Å². The molecule has 0 radical (unpaired) electrons. The summed E-state index contributed by atoms with van der Waals surface area (Å²) in [4.78, 5) is 20.8. The number of para-hydroxylation sites is 2. The molecule has 0 saturated heterocycles. The number of hydrogen-bond acceptors (Lipinski definition) is 4. The van der Waals surface area contributed by atoms with Crippen LogP contribution in [0, 0.1) is 27.7 Å². The van der Waals surface area contributed by atoms with E-state index in [1.807, 2.05) is 0 Å². The fraction of sp³-hybridized carbons (Fsp3) is 0.476. The van der Waals surface area contributed by atoms with Crippen LogP contribution in [0.3, 0.4) is 0 Å². The maximum atomic E-state index is 5.20. The molecule has 0 atom stereocenters. The molecule has 0 saturated carbocycles. The normalized spacial score (nSPS) is 12.9. The van der Waals surface area contributed by atoms with Gasteiger partial charge in [-0.05, 0) is 124 Å². The predicted molar refractivity (Wildman–Crippen MR) is 241 cm³/mol. The second-order valence-electron chi connectivity index (χ2n) is 14.3. The van der Waals surface area contributed by atoms with Crippen molar-refractivity contribution < 1.29 is 21.8 Å². The van der Waals surface area contributed by atoms with Gasteiger partial charge in [0.1, 0.15) is 0 Å². The van der Waals surface area contributed by atoms with Gasteiger partial charge in [0, 0.05) is 0 Å². The van der Waals surface area contributed by atoms with Crippen LogP contribution in [0.15, 0.2) is 56.4 Å². The molecule has 0 N–H and O–H groups in total. The van der Waals surface area contributed by atoms with Gasteiger partial charge in [-0.3, -0.25) is 20.0 Å². The molecule has 0 aromatic heterocycles. The number of nitrogens with zero attached hydrogens (tertiary/aromatic N) is 4. The fourth-order valence-electron chi connectivity index (χ4n) is 5.88. The summed E-state index contributed by atoms with van der Waals surface area (Å²) in [6.45, 7) is 34.8. The van der Waals surface area contributed by atoms with Crippen molar-refractivity contribution in [1.82, 2.24) is 0 Å². The first-order chi connectivity index (χ1) is 24.3. The van der Waals surface area contributed by atoms with Crippen LogP contribution in [0.25, 0.3) is 0 Å². The molecule has 294 valence electrons. The molecule has 10 heteroatoms. The van der Waals surface area contributed by atoms with Gasteiger partial charge in [-0.2, -0.15) is 0 Å². The van der Waals surface area contributed by atoms with Crippen molar-refractivity contribution in [3.8, 4) is 0 Å². The topological polar surface area (TPSA) is 49.4 Å². The molecule has 0 unspecified atom stereocenters. The van der Waals surface area contributed by atoms with E-state index >= 15 is 0 Å². The van der Waals surface area contributed by atoms with E-state index < -0.39 is 0 Å². The summed E-state index contributed by atoms with van der Waals surface area (Å²) >= 11 is 12.0. The average molecular weight is 1060 g/mol. The molecular weight excluding hydrogens is 997 g/mol. The first-order valence-corrected chi connectivity index (χ1v) is 27.3. The van der Waals surface area contributed by atoms with Crippen molar-refractivity contribution in [1.29, 1.82) is 0 Å². The predicted octanol–water partition coefficient (Wildman–Crippen LogP) is 16.6. The molecule has 3 aromatic carbocycles. The van der Waals surface area contributed by atoms with Crippen LogP contribution in [-0.4, -0.2) is 22.8 Å². The molecule has 0 aliphatic carbocycles. The standard InChI is InChI=1S/C42H58N4.4BrH.2Ni/c1-23(2)35-19-17-20-36(24(3)4)41(35)45-33(15)31(13)43-39-27(9)29(11)40(30(12)28(39)10)44-32(14)34(16)46-42-37(25(5)6)21-18-22-38(42)26(7)8;;;;;;/h17-26H,1-16H3;4*1H;;/q;;;;;2*+2/p-4. The van der Waals surface area contributed by atoms with Gasteiger partial charge in [0.05, 0.1) is 45.6 Å². The van der Waals surface area contributed by atoms with Crippen molar-refractivity contribution in [3.05, 3.63) is 80.9 Å². The maximum absolute atomic E-state index is 5.20. The van der Waals surface area contributed by atoms with Gasteiger partial charge >= 0.3 is 78.7 Å². The molecule has 3 rings (SSSR count). The van der Waals surface area contributed by atoms with E-state index in [1.54, 1.807) is 0 Å². The van der Waals surface area contributed by atoms with Gasteiger partial charge in [-0.15, -0.1) is 0 Å². The van der Waals surface area contributed by atoms with E-state index in [4.69, 9.17) is 20.0 Å². The van der Waals surface area contributed by atoms with Crippen molar-refractivity contribution >= 4 is 102 Å². The SMILES string of the molecule is CC(=Nc1c(C(C)C)cccc1C(C)C)C(C)=Nc1c(C)c(C)c(N=C(C)C(C)=Nc2c(C(C)C)cccc2C(C)C)c(C)c1C.[Br][Ni][Br].[Br][Ni][Br]. The molecule has 52 heavy (non-hydrogen) atoms. The summed E-state index contributed by atoms with van der Waals surface area (Å²) in [5, 5.41) is 0. The Hall–Kier alpha value is -0.753. The summed E-state index contributed by atoms with van der Waals surface area (Å²) in [7, 11) is 2.50. The number of hydrogen-bond donors (Lipinski definition) is 0. The van der Waals surface area contributed by atoms with Crippen molar-refractivity contribution in [2.24, 2.45) is 20.0 Å². The van der Waals surface area contributed by atoms with Crippen LogP contribution in [0.1, 0.15) is 151 Å². The zero-order valence-corrected chi connectivity index (χ0v) is 42.0. The summed E-state index contributed by atoms with van der Waals surface area (Å²) in [6, 6.07) is 13.1. The molecule has 0 fully saturated rings. The zero-order chi connectivity index (χ0) is 40.0. The molecule has 0 amide bonds. The first-order valence-electron chi connectivity index (χ1n) is 17.5. The van der Waals surface area contributed by atoms with E-state index in [0.29, 0.717) is 23.7 Å². The summed E-state index contributed by atoms with van der Waals surface area (Å²) in [5.74, 6) is 1.57. The third-order valence-electron chi connectivity index (χ3n) is 9.40. The number of benzene rings is 3. The summed E-state index contributed by atoms with van der Waals surface area (Å²) < 4.78 is 0. The molecule has 0 aliphatic heterocycles. The monoisotopic (exact) mass is 1050 g/mol. The Bertz CT molecular complexity index is 1560. The van der Waals surface area contributed by atoms with Crippen LogP contribution >= 0.6 is 56.9 Å². The van der Waals surface area contributed by atoms with Crippen LogP contribution in [0.5, 0.6) is 0 Å². The molecule has 0 aliphatic rings. The van der Waals surface area contributed by atoms with Crippen LogP contribution in [0.4, 0.5) is 22.7 Å². The second-order valence-corrected chi connectivity index (χ2v) is 24.2. The van der Waals surface area contributed by atoms with E-state index in [2.05, 4.69) is 204 Å². The Labute approximate surface area is 356 Å². The summed E-state index contributed by atoms with van der Waals surface area (Å²) in [6.07, 6.45) is 0. The average Bonchev–Trinajstić information content (AvgIpc) is 3.07. The number of aliphatic imine (C=N–C) groups is 4. The van der Waals surface area contributed by atoms with Gasteiger partial charge in [-0.1, -0.05) is 91.8 Å². The van der Waals surface area contributed by atoms with Gasteiger partial charge < -0.3 is 0 Å². The Morgan fingerprint density at radius 2 is 0.577 bits per heavy atom. The van der Waals surface area contributed by atoms with Gasteiger partial charge in [0.25, 0.3) is 0 Å². The number of halogens is 4. The van der Waals surface area contributed by atoms with Crippen molar-refractivity contribution in [3.63, 3.8) is 0 Å². The minimum atomic E-state index is 0.393. The van der Waals surface area contributed by atoms with Crippen molar-refractivity contribution in [2.75, 3.05) is 0 Å². The Kier molecular flexibility index (Phi) is 22.7. The Morgan fingerprint density at radius 1 is 0.404 bits per heavy atom. The molecule has 3 aromatic rings. The van der Waals surface area contributed by atoms with Crippen LogP contribution in [-0.2, 0) is 21.8 Å². The second kappa shape index (κ2) is 24.0. The molecule has 0 spiro atoms. The minimum absolute atomic E-state index is 0.393. The van der Waals surface area contributed by atoms with Crippen LogP contribution in [0.2, 0.25) is 0 Å². The molecule has 4 nitrogen and oxygen atoms in total. The van der Waals surface area contributed by atoms with E-state index in [0.717, 1.165) is 67.9 Å². The quantitative estimate of drug-likeness (QED) is 0.144. The van der Waals surface area contributed by atoms with Gasteiger partial charge in [0.2, 0.25) is 0 Å². The molecule has 0 heterocycles. The third-order valence-corrected chi connectivity index (χ3v) is 9.40. The zero-order valence-electron chi connectivity index (χ0n) is 33.7. The number of rotatable bonds is 10. The Balaban J connectivity index is 0.00000210. The van der Waals surface area contributed by atoms with Crippen LogP contribution < -0.4 is 0 Å². The fourth-order valence-corrected chi connectivity index (χ4v) is 5.88. The van der Waals surface area contributed by atoms with Gasteiger partial charge in [-0.25, -0.2) is 0 Å². The Morgan fingerprint density at radius 3 is 0.750 bits per heavy atom. The van der Waals surface area contributed by atoms with E-state index in [1.165, 1.54) is 44.0 Å². The molecular formula is C42H58Br4N4Ni2.